The lowest BCUT2D eigenvalue weighted by Gasteiger charge is -2.16. The van der Waals surface area contributed by atoms with Crippen LogP contribution in [0.5, 0.6) is 0 Å². The van der Waals surface area contributed by atoms with E-state index in [0.29, 0.717) is 13.1 Å². The Balaban J connectivity index is 0.000000470. The van der Waals surface area contributed by atoms with Gasteiger partial charge in [0.1, 0.15) is 0 Å². The van der Waals surface area contributed by atoms with Gasteiger partial charge in [-0.3, -0.25) is 30.0 Å². The predicted molar refractivity (Wildman–Crippen MR) is 175 cm³/mol. The second-order valence-electron chi connectivity index (χ2n) is 12.5. The number of rotatable bonds is 26. The van der Waals surface area contributed by atoms with Crippen molar-refractivity contribution in [3.8, 4) is 0 Å². The standard InChI is InChI=1S/C21H40N2O3.C13H24N2O3/c1-2-3-4-5-6-7-8-9-10-11-12-13-14-15-16-17-18-23-20(25)19(24)22-21(23)26;1-2-3-4-5-6-7-8-9-10-15-12(17)11(16)14-13(15)18/h20,25H,2-18H2,1H3,(H,22,24,26);12,17H,2-10H2,1H3,(H,14,16,18). The Morgan fingerprint density at radius 2 is 0.659 bits per heavy atom. The molecular weight excluding hydrogens is 560 g/mol. The summed E-state index contributed by atoms with van der Waals surface area (Å²) in [5, 5.41) is 23.2. The largest absolute Gasteiger partial charge is 0.365 e. The first-order valence-electron chi connectivity index (χ1n) is 17.9. The summed E-state index contributed by atoms with van der Waals surface area (Å²) in [4.78, 5) is 47.2. The van der Waals surface area contributed by atoms with Crippen LogP contribution < -0.4 is 10.6 Å². The molecule has 2 aliphatic rings. The third kappa shape index (κ3) is 17.9. The number of hydrogen-bond donors (Lipinski definition) is 4. The molecule has 2 aliphatic heterocycles. The molecule has 0 radical (unpaired) electrons. The van der Waals surface area contributed by atoms with Gasteiger partial charge in [-0.15, -0.1) is 0 Å². The number of nitrogens with one attached hydrogen (secondary N) is 2. The van der Waals surface area contributed by atoms with Crippen molar-refractivity contribution >= 4 is 23.9 Å². The second kappa shape index (κ2) is 26.1. The van der Waals surface area contributed by atoms with Gasteiger partial charge >= 0.3 is 12.1 Å². The van der Waals surface area contributed by atoms with Crippen LogP contribution in [0, 0.1) is 0 Å². The molecule has 2 saturated heterocycles. The number of carbonyl (C=O) groups is 4. The van der Waals surface area contributed by atoms with Crippen molar-refractivity contribution in [1.29, 1.82) is 0 Å². The smallest absolute Gasteiger partial charge is 0.326 e. The van der Waals surface area contributed by atoms with Crippen molar-refractivity contribution in [2.45, 2.75) is 180 Å². The zero-order chi connectivity index (χ0) is 32.4. The quantitative estimate of drug-likeness (QED) is 0.0597. The molecule has 2 atom stereocenters. The summed E-state index contributed by atoms with van der Waals surface area (Å²) in [5.74, 6) is -1.22. The van der Waals surface area contributed by atoms with Gasteiger partial charge in [-0.2, -0.15) is 0 Å². The summed E-state index contributed by atoms with van der Waals surface area (Å²) in [6.45, 7) is 5.38. The number of urea groups is 2. The van der Waals surface area contributed by atoms with Crippen LogP contribution in [0.4, 0.5) is 9.59 Å². The molecule has 44 heavy (non-hydrogen) atoms. The Labute approximate surface area is 267 Å². The van der Waals surface area contributed by atoms with Gasteiger partial charge in [0.25, 0.3) is 11.8 Å². The van der Waals surface area contributed by atoms with E-state index in [2.05, 4.69) is 24.5 Å². The topological polar surface area (TPSA) is 139 Å². The van der Waals surface area contributed by atoms with Crippen LogP contribution in [-0.2, 0) is 9.59 Å². The van der Waals surface area contributed by atoms with Gasteiger partial charge in [0.05, 0.1) is 0 Å². The summed E-state index contributed by atoms with van der Waals surface area (Å²) < 4.78 is 0. The van der Waals surface area contributed by atoms with Gasteiger partial charge in [-0.25, -0.2) is 9.59 Å². The highest BCUT2D eigenvalue weighted by Crippen LogP contribution is 2.15. The molecule has 2 rings (SSSR count). The summed E-state index contributed by atoms with van der Waals surface area (Å²) >= 11 is 0. The average Bonchev–Trinajstić information content (AvgIpc) is 3.40. The summed E-state index contributed by atoms with van der Waals surface area (Å²) in [6.07, 6.45) is 27.7. The minimum atomic E-state index is -1.29. The van der Waals surface area contributed by atoms with E-state index >= 15 is 0 Å². The van der Waals surface area contributed by atoms with Gasteiger partial charge < -0.3 is 10.2 Å². The summed E-state index contributed by atoms with van der Waals surface area (Å²) in [7, 11) is 0. The molecule has 4 N–H and O–H groups in total. The lowest BCUT2D eigenvalue weighted by Crippen LogP contribution is -2.35. The fourth-order valence-corrected chi connectivity index (χ4v) is 5.68. The molecule has 10 nitrogen and oxygen atoms in total. The number of hydrogen-bond acceptors (Lipinski definition) is 6. The van der Waals surface area contributed by atoms with Crippen LogP contribution in [0.2, 0.25) is 0 Å². The molecule has 2 fully saturated rings. The van der Waals surface area contributed by atoms with E-state index in [4.69, 9.17) is 0 Å². The predicted octanol–water partition coefficient (Wildman–Crippen LogP) is 7.12. The molecule has 10 heteroatoms. The third-order valence-electron chi connectivity index (χ3n) is 8.55. The van der Waals surface area contributed by atoms with Crippen LogP contribution in [0.15, 0.2) is 0 Å². The minimum Gasteiger partial charge on any atom is -0.365 e. The Morgan fingerprint density at radius 1 is 0.432 bits per heavy atom. The maximum Gasteiger partial charge on any atom is 0.326 e. The van der Waals surface area contributed by atoms with E-state index < -0.39 is 36.3 Å². The van der Waals surface area contributed by atoms with Crippen molar-refractivity contribution in [1.82, 2.24) is 20.4 Å². The highest BCUT2D eigenvalue weighted by molar-refractivity contribution is 6.03. The monoisotopic (exact) mass is 624 g/mol. The van der Waals surface area contributed by atoms with Crippen molar-refractivity contribution in [3.05, 3.63) is 0 Å². The third-order valence-corrected chi connectivity index (χ3v) is 8.55. The first-order valence-corrected chi connectivity index (χ1v) is 17.9. The van der Waals surface area contributed by atoms with Crippen LogP contribution in [0.25, 0.3) is 0 Å². The van der Waals surface area contributed by atoms with Crippen LogP contribution in [-0.4, -0.2) is 69.4 Å². The minimum absolute atomic E-state index is 0.452. The molecule has 0 aromatic heterocycles. The maximum atomic E-state index is 11.4. The SMILES string of the molecule is CCCCCCCCCCCCCCCCCCN1C(=O)NC(=O)C1O.CCCCCCCCCCN1C(=O)NC(=O)C1O. The molecule has 2 unspecified atom stereocenters. The van der Waals surface area contributed by atoms with Crippen LogP contribution >= 0.6 is 0 Å². The Bertz CT molecular complexity index is 796. The zero-order valence-corrected chi connectivity index (χ0v) is 28.0. The van der Waals surface area contributed by atoms with Gasteiger partial charge in [-0.1, -0.05) is 155 Å². The molecule has 6 amide bonds. The molecule has 256 valence electrons. The van der Waals surface area contributed by atoms with Gasteiger partial charge in [-0.05, 0) is 12.8 Å². The normalized spacial score (nSPS) is 18.1. The molecule has 0 saturated carbocycles. The summed E-state index contributed by atoms with van der Waals surface area (Å²) in [6, 6.07) is -0.945. The maximum absolute atomic E-state index is 11.4. The Morgan fingerprint density at radius 3 is 0.864 bits per heavy atom. The van der Waals surface area contributed by atoms with E-state index in [1.807, 2.05) is 0 Å². The highest BCUT2D eigenvalue weighted by atomic mass is 16.3. The van der Waals surface area contributed by atoms with E-state index in [1.165, 1.54) is 125 Å². The van der Waals surface area contributed by atoms with Crippen molar-refractivity contribution in [2.75, 3.05) is 13.1 Å². The van der Waals surface area contributed by atoms with E-state index in [1.54, 1.807) is 0 Å². The van der Waals surface area contributed by atoms with Crippen molar-refractivity contribution in [3.63, 3.8) is 0 Å². The molecule has 0 aromatic rings. The van der Waals surface area contributed by atoms with Gasteiger partial charge in [0, 0.05) is 13.1 Å². The lowest BCUT2D eigenvalue weighted by molar-refractivity contribution is -0.131. The number of aliphatic hydroxyl groups excluding tert-OH is 2. The van der Waals surface area contributed by atoms with Gasteiger partial charge in [0.15, 0.2) is 0 Å². The van der Waals surface area contributed by atoms with E-state index in [9.17, 15) is 29.4 Å². The number of amides is 6. The first-order chi connectivity index (χ1) is 21.3. The molecule has 0 aliphatic carbocycles. The average molecular weight is 625 g/mol. The number of nitrogens with zero attached hydrogens (tertiary/aromatic N) is 2. The number of imide groups is 2. The lowest BCUT2D eigenvalue weighted by atomic mass is 10.0. The van der Waals surface area contributed by atoms with E-state index in [0.717, 1.165) is 38.5 Å². The van der Waals surface area contributed by atoms with Crippen LogP contribution in [0.1, 0.15) is 168 Å². The fourth-order valence-electron chi connectivity index (χ4n) is 5.68. The fraction of sp³-hybridized carbons (Fsp3) is 0.882. The highest BCUT2D eigenvalue weighted by Gasteiger charge is 2.36. The first kappa shape index (κ1) is 39.8. The second-order valence-corrected chi connectivity index (χ2v) is 12.5. The Kier molecular flexibility index (Phi) is 23.6. The van der Waals surface area contributed by atoms with Crippen molar-refractivity contribution < 1.29 is 29.4 Å². The summed E-state index contributed by atoms with van der Waals surface area (Å²) in [5.41, 5.74) is 0. The number of unbranched alkanes of at least 4 members (excludes halogenated alkanes) is 22. The molecule has 2 heterocycles. The number of aliphatic hydroxyl groups is 2. The molecular formula is C34H64N4O6. The molecule has 0 aromatic carbocycles. The van der Waals surface area contributed by atoms with Crippen molar-refractivity contribution in [2.24, 2.45) is 0 Å². The zero-order valence-electron chi connectivity index (χ0n) is 28.0. The molecule has 0 bridgehead atoms. The Hall–Kier alpha value is -2.20. The van der Waals surface area contributed by atoms with Gasteiger partial charge in [0.2, 0.25) is 12.5 Å². The van der Waals surface area contributed by atoms with Crippen LogP contribution in [0.3, 0.4) is 0 Å². The van der Waals surface area contributed by atoms with E-state index in [-0.39, 0.29) is 0 Å². The number of carbonyl (C=O) groups excluding carboxylic acids is 4. The molecule has 0 spiro atoms.